The topological polar surface area (TPSA) is 93.1 Å². The minimum absolute atomic E-state index is 0.187. The molecule has 1 fully saturated rings. The fourth-order valence-corrected chi connectivity index (χ4v) is 5.52. The van der Waals surface area contributed by atoms with Gasteiger partial charge in [0, 0.05) is 25.6 Å². The molecule has 0 radical (unpaired) electrons. The molecule has 0 unspecified atom stereocenters. The minimum atomic E-state index is -1.46. The highest BCUT2D eigenvalue weighted by Gasteiger charge is 2.18. The Hall–Kier alpha value is -3.70. The van der Waals surface area contributed by atoms with Crippen molar-refractivity contribution in [1.82, 2.24) is 0 Å². The maximum atomic E-state index is 10.5. The SMILES string of the molecule is Brc1ccc2cc(C3OCCO3)ccc2c1.O=Cc1ccc2cc(B(O)O)ccc2c1.O=Cc1ccc2cc(Br)ccc2c1. The third-order valence-corrected chi connectivity index (χ3v) is 7.99. The Morgan fingerprint density at radius 2 is 1.00 bits per heavy atom. The fourth-order valence-electron chi connectivity index (χ4n) is 4.76. The van der Waals surface area contributed by atoms with Crippen molar-refractivity contribution in [3.63, 3.8) is 0 Å². The molecule has 0 aliphatic carbocycles. The van der Waals surface area contributed by atoms with Gasteiger partial charge in [-0.25, -0.2) is 0 Å². The van der Waals surface area contributed by atoms with Crippen molar-refractivity contribution < 1.29 is 29.1 Å². The zero-order valence-electron chi connectivity index (χ0n) is 23.4. The molecule has 44 heavy (non-hydrogen) atoms. The zero-order chi connectivity index (χ0) is 31.1. The van der Waals surface area contributed by atoms with Crippen molar-refractivity contribution in [2.45, 2.75) is 6.29 Å². The summed E-state index contributed by atoms with van der Waals surface area (Å²) in [5, 5.41) is 24.4. The van der Waals surface area contributed by atoms with Gasteiger partial charge in [0.05, 0.1) is 13.2 Å². The van der Waals surface area contributed by atoms with Crippen LogP contribution in [0.25, 0.3) is 32.3 Å². The second kappa shape index (κ2) is 14.9. The molecule has 9 heteroatoms. The molecule has 7 rings (SSSR count). The summed E-state index contributed by atoms with van der Waals surface area (Å²) in [7, 11) is -1.46. The lowest BCUT2D eigenvalue weighted by Gasteiger charge is -2.10. The van der Waals surface area contributed by atoms with E-state index in [1.165, 1.54) is 10.8 Å². The van der Waals surface area contributed by atoms with Gasteiger partial charge in [0.15, 0.2) is 6.29 Å². The lowest BCUT2D eigenvalue weighted by atomic mass is 9.79. The molecule has 2 N–H and O–H groups in total. The maximum absolute atomic E-state index is 10.5. The number of aldehydes is 2. The van der Waals surface area contributed by atoms with Gasteiger partial charge in [-0.1, -0.05) is 98.6 Å². The molecule has 1 aliphatic rings. The average molecular weight is 714 g/mol. The molecular formula is C35H27BBr2O6. The number of hydrogen-bond acceptors (Lipinski definition) is 6. The van der Waals surface area contributed by atoms with Crippen molar-refractivity contribution in [1.29, 1.82) is 0 Å². The lowest BCUT2D eigenvalue weighted by Crippen LogP contribution is -2.29. The largest absolute Gasteiger partial charge is 0.488 e. The normalized spacial score (nSPS) is 12.7. The number of fused-ring (bicyclic) bond motifs is 3. The molecule has 1 saturated heterocycles. The lowest BCUT2D eigenvalue weighted by molar-refractivity contribution is -0.0440. The van der Waals surface area contributed by atoms with Gasteiger partial charge in [-0.15, -0.1) is 0 Å². The second-order valence-corrected chi connectivity index (χ2v) is 11.9. The van der Waals surface area contributed by atoms with Crippen molar-refractivity contribution in [3.05, 3.63) is 135 Å². The number of halogens is 2. The molecule has 6 aromatic rings. The van der Waals surface area contributed by atoms with Gasteiger partial charge in [0.1, 0.15) is 12.6 Å². The van der Waals surface area contributed by atoms with E-state index in [4.69, 9.17) is 19.5 Å². The van der Waals surface area contributed by atoms with E-state index in [9.17, 15) is 9.59 Å². The van der Waals surface area contributed by atoms with Crippen LogP contribution in [0.1, 0.15) is 32.6 Å². The summed E-state index contributed by atoms with van der Waals surface area (Å²) in [5.74, 6) is 0. The zero-order valence-corrected chi connectivity index (χ0v) is 26.6. The van der Waals surface area contributed by atoms with E-state index in [-0.39, 0.29) is 6.29 Å². The third kappa shape index (κ3) is 8.06. The van der Waals surface area contributed by atoms with E-state index in [0.717, 1.165) is 54.2 Å². The van der Waals surface area contributed by atoms with Gasteiger partial charge in [0.25, 0.3) is 0 Å². The van der Waals surface area contributed by atoms with Crippen LogP contribution in [0.3, 0.4) is 0 Å². The van der Waals surface area contributed by atoms with Crippen LogP contribution in [0.4, 0.5) is 0 Å². The van der Waals surface area contributed by atoms with Crippen LogP contribution in [0.15, 0.2) is 118 Å². The molecule has 0 aromatic heterocycles. The van der Waals surface area contributed by atoms with E-state index in [0.29, 0.717) is 24.2 Å². The van der Waals surface area contributed by atoms with Crippen LogP contribution in [0.5, 0.6) is 0 Å². The number of benzene rings is 6. The Balaban J connectivity index is 0.000000132. The Kier molecular flexibility index (Phi) is 10.7. The number of ether oxygens (including phenoxy) is 2. The summed E-state index contributed by atoms with van der Waals surface area (Å²) in [6.07, 6.45) is 1.46. The predicted molar refractivity (Wildman–Crippen MR) is 182 cm³/mol. The summed E-state index contributed by atoms with van der Waals surface area (Å²) >= 11 is 6.87. The first-order valence-corrected chi connectivity index (χ1v) is 15.3. The van der Waals surface area contributed by atoms with Gasteiger partial charge in [-0.3, -0.25) is 9.59 Å². The third-order valence-electron chi connectivity index (χ3n) is 7.01. The van der Waals surface area contributed by atoms with E-state index in [1.807, 2.05) is 42.5 Å². The molecule has 0 saturated carbocycles. The first-order chi connectivity index (χ1) is 21.3. The molecule has 6 nitrogen and oxygen atoms in total. The van der Waals surface area contributed by atoms with E-state index in [2.05, 4.69) is 62.2 Å². The van der Waals surface area contributed by atoms with Crippen molar-refractivity contribution in [2.24, 2.45) is 0 Å². The molecule has 1 heterocycles. The van der Waals surface area contributed by atoms with Crippen LogP contribution < -0.4 is 5.46 Å². The Morgan fingerprint density at radius 3 is 1.52 bits per heavy atom. The second-order valence-electron chi connectivity index (χ2n) is 10.1. The quantitative estimate of drug-likeness (QED) is 0.146. The van der Waals surface area contributed by atoms with Crippen molar-refractivity contribution >= 4 is 89.3 Å². The molecule has 0 atom stereocenters. The molecule has 0 bridgehead atoms. The van der Waals surface area contributed by atoms with Gasteiger partial charge < -0.3 is 19.5 Å². The summed E-state index contributed by atoms with van der Waals surface area (Å²) in [4.78, 5) is 21.1. The first-order valence-electron chi connectivity index (χ1n) is 13.7. The van der Waals surface area contributed by atoms with E-state index in [1.54, 1.807) is 36.4 Å². The predicted octanol–water partition coefficient (Wildman–Crippen LogP) is 7.39. The summed E-state index contributed by atoms with van der Waals surface area (Å²) in [6, 6.07) is 34.5. The summed E-state index contributed by atoms with van der Waals surface area (Å²) in [6.45, 7) is 1.37. The first kappa shape index (κ1) is 31.7. The van der Waals surface area contributed by atoms with Crippen molar-refractivity contribution in [2.75, 3.05) is 13.2 Å². The van der Waals surface area contributed by atoms with Crippen LogP contribution in [-0.2, 0) is 9.47 Å². The van der Waals surface area contributed by atoms with Gasteiger partial charge in [-0.2, -0.15) is 0 Å². The summed E-state index contributed by atoms with van der Waals surface area (Å²) < 4.78 is 13.1. The molecular weight excluding hydrogens is 687 g/mol. The van der Waals surface area contributed by atoms with Crippen LogP contribution >= 0.6 is 31.9 Å². The molecule has 220 valence electrons. The van der Waals surface area contributed by atoms with Crippen molar-refractivity contribution in [3.8, 4) is 0 Å². The Labute approximate surface area is 271 Å². The fraction of sp³-hybridized carbons (Fsp3) is 0.0857. The highest BCUT2D eigenvalue weighted by Crippen LogP contribution is 2.28. The van der Waals surface area contributed by atoms with Gasteiger partial charge >= 0.3 is 7.12 Å². The van der Waals surface area contributed by atoms with Crippen LogP contribution in [-0.4, -0.2) is 43.0 Å². The Morgan fingerprint density at radius 1 is 0.568 bits per heavy atom. The Bertz CT molecular complexity index is 1940. The molecule has 6 aromatic carbocycles. The highest BCUT2D eigenvalue weighted by atomic mass is 79.9. The molecule has 1 aliphatic heterocycles. The monoisotopic (exact) mass is 712 g/mol. The van der Waals surface area contributed by atoms with E-state index < -0.39 is 7.12 Å². The highest BCUT2D eigenvalue weighted by molar-refractivity contribution is 9.10. The standard InChI is InChI=1S/C13H11BrO2.C11H9BO3.C11H7BrO/c14-12-4-3-9-7-11(2-1-10(9)8-12)13-15-5-6-16-13;13-7-8-1-2-10-6-11(12(14)15)4-3-9(10)5-8;12-11-4-3-9-5-8(7-13)1-2-10(9)6-11/h1-4,7-8,13H,5-6H2;1-7,14-15H;1-7H. The van der Waals surface area contributed by atoms with Crippen LogP contribution in [0, 0.1) is 0 Å². The summed E-state index contributed by atoms with van der Waals surface area (Å²) in [5.41, 5.74) is 2.86. The maximum Gasteiger partial charge on any atom is 0.488 e. The number of carbonyl (C=O) groups is 2. The van der Waals surface area contributed by atoms with Gasteiger partial charge in [0.2, 0.25) is 0 Å². The minimum Gasteiger partial charge on any atom is -0.423 e. The van der Waals surface area contributed by atoms with Gasteiger partial charge in [-0.05, 0) is 80.2 Å². The average Bonchev–Trinajstić information content (AvgIpc) is 3.59. The smallest absolute Gasteiger partial charge is 0.423 e. The molecule has 0 amide bonds. The van der Waals surface area contributed by atoms with Crippen LogP contribution in [0.2, 0.25) is 0 Å². The number of carbonyl (C=O) groups excluding carboxylic acids is 2. The molecule has 0 spiro atoms. The number of rotatable bonds is 4. The number of hydrogen-bond donors (Lipinski definition) is 2. The van der Waals surface area contributed by atoms with E-state index >= 15 is 0 Å².